The van der Waals surface area contributed by atoms with Gasteiger partial charge in [0.2, 0.25) is 5.91 Å². The average Bonchev–Trinajstić information content (AvgIpc) is 2.43. The van der Waals surface area contributed by atoms with E-state index < -0.39 is 12.0 Å². The lowest BCUT2D eigenvalue weighted by atomic mass is 10.2. The SMILES string of the molecule is CN(Cc1ccccc1)C(=O)CSCCC(N)C(=O)O. The second-order valence-electron chi connectivity index (χ2n) is 4.52. The third kappa shape index (κ3) is 6.08. The molecule has 0 aliphatic heterocycles. The summed E-state index contributed by atoms with van der Waals surface area (Å²) in [6, 6.07) is 8.92. The summed E-state index contributed by atoms with van der Waals surface area (Å²) in [6.45, 7) is 0.578. The molecule has 3 N–H and O–H groups in total. The third-order valence-corrected chi connectivity index (χ3v) is 3.78. The van der Waals surface area contributed by atoms with Gasteiger partial charge >= 0.3 is 5.97 Å². The second kappa shape index (κ2) is 8.60. The minimum Gasteiger partial charge on any atom is -0.480 e. The van der Waals surface area contributed by atoms with Gasteiger partial charge in [-0.25, -0.2) is 0 Å². The van der Waals surface area contributed by atoms with Crippen LogP contribution in [0.1, 0.15) is 12.0 Å². The van der Waals surface area contributed by atoms with Crippen LogP contribution in [0.5, 0.6) is 0 Å². The molecule has 0 aliphatic carbocycles. The van der Waals surface area contributed by atoms with Gasteiger partial charge in [0.25, 0.3) is 0 Å². The number of benzene rings is 1. The van der Waals surface area contributed by atoms with E-state index in [0.29, 0.717) is 24.5 Å². The van der Waals surface area contributed by atoms with Gasteiger partial charge in [0, 0.05) is 13.6 Å². The van der Waals surface area contributed by atoms with Gasteiger partial charge in [0.05, 0.1) is 5.75 Å². The van der Waals surface area contributed by atoms with Gasteiger partial charge in [-0.15, -0.1) is 0 Å². The normalized spacial score (nSPS) is 11.9. The second-order valence-corrected chi connectivity index (χ2v) is 5.63. The van der Waals surface area contributed by atoms with Crippen LogP contribution in [-0.2, 0) is 16.1 Å². The first kappa shape index (κ1) is 16.5. The largest absolute Gasteiger partial charge is 0.480 e. The van der Waals surface area contributed by atoms with Crippen molar-refractivity contribution in [2.45, 2.75) is 19.0 Å². The first-order valence-electron chi connectivity index (χ1n) is 6.34. The van der Waals surface area contributed by atoms with Crippen molar-refractivity contribution in [3.8, 4) is 0 Å². The Balaban J connectivity index is 2.24. The fraction of sp³-hybridized carbons (Fsp3) is 0.429. The summed E-state index contributed by atoms with van der Waals surface area (Å²) in [7, 11) is 1.76. The van der Waals surface area contributed by atoms with Crippen molar-refractivity contribution >= 4 is 23.6 Å². The van der Waals surface area contributed by atoms with Gasteiger partial charge < -0.3 is 15.7 Å². The van der Waals surface area contributed by atoms with Gasteiger partial charge in [-0.3, -0.25) is 9.59 Å². The summed E-state index contributed by atoms with van der Waals surface area (Å²) in [5, 5.41) is 8.63. The molecule has 5 nitrogen and oxygen atoms in total. The Morgan fingerprint density at radius 2 is 2.00 bits per heavy atom. The van der Waals surface area contributed by atoms with Crippen LogP contribution in [0, 0.1) is 0 Å². The van der Waals surface area contributed by atoms with Crippen LogP contribution in [0.4, 0.5) is 0 Å². The van der Waals surface area contributed by atoms with Crippen molar-refractivity contribution in [1.29, 1.82) is 0 Å². The molecule has 0 spiro atoms. The molecule has 0 aliphatic rings. The van der Waals surface area contributed by atoms with Crippen LogP contribution in [0.2, 0.25) is 0 Å². The number of carbonyl (C=O) groups excluding carboxylic acids is 1. The quantitative estimate of drug-likeness (QED) is 0.704. The Morgan fingerprint density at radius 1 is 1.35 bits per heavy atom. The van der Waals surface area contributed by atoms with Crippen LogP contribution in [0.25, 0.3) is 0 Å². The maximum absolute atomic E-state index is 11.9. The molecule has 110 valence electrons. The molecule has 1 aromatic carbocycles. The number of hydrogen-bond donors (Lipinski definition) is 2. The Bertz CT molecular complexity index is 439. The Kier molecular flexibility index (Phi) is 7.11. The number of nitrogens with zero attached hydrogens (tertiary/aromatic N) is 1. The molecule has 0 saturated heterocycles. The van der Waals surface area contributed by atoms with Crippen molar-refractivity contribution in [3.05, 3.63) is 35.9 Å². The highest BCUT2D eigenvalue weighted by molar-refractivity contribution is 7.99. The van der Waals surface area contributed by atoms with E-state index in [-0.39, 0.29) is 5.91 Å². The van der Waals surface area contributed by atoms with Crippen molar-refractivity contribution in [1.82, 2.24) is 4.90 Å². The van der Waals surface area contributed by atoms with Crippen LogP contribution in [0.3, 0.4) is 0 Å². The molecule has 1 unspecified atom stereocenters. The van der Waals surface area contributed by atoms with E-state index in [1.165, 1.54) is 11.8 Å². The van der Waals surface area contributed by atoms with Gasteiger partial charge in [-0.2, -0.15) is 11.8 Å². The number of amides is 1. The number of carboxylic acid groups (broad SMARTS) is 1. The number of hydrogen-bond acceptors (Lipinski definition) is 4. The predicted octanol–water partition coefficient (Wildman–Crippen LogP) is 1.18. The minimum atomic E-state index is -1.00. The molecule has 0 saturated carbocycles. The van der Waals surface area contributed by atoms with E-state index >= 15 is 0 Å². The minimum absolute atomic E-state index is 0.0303. The smallest absolute Gasteiger partial charge is 0.320 e. The van der Waals surface area contributed by atoms with Gasteiger partial charge in [-0.1, -0.05) is 30.3 Å². The van der Waals surface area contributed by atoms with Gasteiger partial charge in [-0.05, 0) is 17.7 Å². The average molecular weight is 296 g/mol. The fourth-order valence-corrected chi connectivity index (χ4v) is 2.51. The van der Waals surface area contributed by atoms with E-state index in [1.54, 1.807) is 11.9 Å². The van der Waals surface area contributed by atoms with Gasteiger partial charge in [0.15, 0.2) is 0 Å². The van der Waals surface area contributed by atoms with Crippen molar-refractivity contribution < 1.29 is 14.7 Å². The van der Waals surface area contributed by atoms with E-state index in [9.17, 15) is 9.59 Å². The Hall–Kier alpha value is -1.53. The van der Waals surface area contributed by atoms with Crippen LogP contribution < -0.4 is 5.73 Å². The number of carbonyl (C=O) groups is 2. The van der Waals surface area contributed by atoms with Gasteiger partial charge in [0.1, 0.15) is 6.04 Å². The summed E-state index contributed by atoms with van der Waals surface area (Å²) < 4.78 is 0. The topological polar surface area (TPSA) is 83.6 Å². The molecule has 1 atom stereocenters. The van der Waals surface area contributed by atoms with E-state index in [1.807, 2.05) is 30.3 Å². The van der Waals surface area contributed by atoms with Crippen molar-refractivity contribution in [3.63, 3.8) is 0 Å². The molecule has 6 heteroatoms. The van der Waals surface area contributed by atoms with E-state index in [4.69, 9.17) is 10.8 Å². The summed E-state index contributed by atoms with van der Waals surface area (Å²) >= 11 is 1.41. The zero-order chi connectivity index (χ0) is 15.0. The van der Waals surface area contributed by atoms with Crippen molar-refractivity contribution in [2.24, 2.45) is 5.73 Å². The monoisotopic (exact) mass is 296 g/mol. The fourth-order valence-electron chi connectivity index (χ4n) is 1.55. The lowest BCUT2D eigenvalue weighted by Crippen LogP contribution is -2.31. The Morgan fingerprint density at radius 3 is 2.60 bits per heavy atom. The molecule has 0 heterocycles. The zero-order valence-corrected chi connectivity index (χ0v) is 12.3. The summed E-state index contributed by atoms with van der Waals surface area (Å²) in [4.78, 5) is 24.1. The molecular formula is C14H20N2O3S. The molecule has 1 amide bonds. The first-order chi connectivity index (χ1) is 9.50. The lowest BCUT2D eigenvalue weighted by molar-refractivity contribution is -0.138. The van der Waals surface area contributed by atoms with Crippen molar-refractivity contribution in [2.75, 3.05) is 18.6 Å². The van der Waals surface area contributed by atoms with E-state index in [2.05, 4.69) is 0 Å². The Labute approximate surface area is 123 Å². The number of aliphatic carboxylic acids is 1. The van der Waals surface area contributed by atoms with Crippen LogP contribution in [-0.4, -0.2) is 46.5 Å². The summed E-state index contributed by atoms with van der Waals surface area (Å²) in [5.74, 6) is -0.0606. The molecule has 0 aromatic heterocycles. The molecule has 1 aromatic rings. The molecular weight excluding hydrogens is 276 g/mol. The number of thioether (sulfide) groups is 1. The number of carboxylic acids is 1. The molecule has 1 rings (SSSR count). The first-order valence-corrected chi connectivity index (χ1v) is 7.50. The number of rotatable bonds is 8. The molecule has 0 fully saturated rings. The molecule has 0 bridgehead atoms. The lowest BCUT2D eigenvalue weighted by Gasteiger charge is -2.17. The zero-order valence-electron chi connectivity index (χ0n) is 11.5. The summed E-state index contributed by atoms with van der Waals surface area (Å²) in [5.41, 5.74) is 6.47. The summed E-state index contributed by atoms with van der Waals surface area (Å²) in [6.07, 6.45) is 0.371. The van der Waals surface area contributed by atoms with E-state index in [0.717, 1.165) is 5.56 Å². The predicted molar refractivity (Wildman–Crippen MR) is 80.5 cm³/mol. The molecule has 20 heavy (non-hydrogen) atoms. The highest BCUT2D eigenvalue weighted by Crippen LogP contribution is 2.08. The maximum Gasteiger partial charge on any atom is 0.320 e. The van der Waals surface area contributed by atoms with Crippen LogP contribution >= 0.6 is 11.8 Å². The third-order valence-electron chi connectivity index (χ3n) is 2.80. The number of nitrogens with two attached hydrogens (primary N) is 1. The maximum atomic E-state index is 11.9. The van der Waals surface area contributed by atoms with Crippen LogP contribution in [0.15, 0.2) is 30.3 Å². The highest BCUT2D eigenvalue weighted by Gasteiger charge is 2.12. The molecule has 0 radical (unpaired) electrons. The highest BCUT2D eigenvalue weighted by atomic mass is 32.2. The standard InChI is InChI=1S/C14H20N2O3S/c1-16(9-11-5-3-2-4-6-11)13(17)10-20-8-7-12(15)14(18)19/h2-6,12H,7-10,15H2,1H3,(H,18,19).